The number of halogens is 1. The van der Waals surface area contributed by atoms with Crippen LogP contribution in [-0.2, 0) is 9.59 Å². The van der Waals surface area contributed by atoms with Crippen molar-refractivity contribution in [1.82, 2.24) is 5.43 Å². The van der Waals surface area contributed by atoms with E-state index in [9.17, 15) is 9.59 Å². The maximum atomic E-state index is 12.2. The van der Waals surface area contributed by atoms with E-state index in [-0.39, 0.29) is 24.7 Å². The molecule has 0 spiro atoms. The number of carbonyl (C=O) groups is 2. The van der Waals surface area contributed by atoms with Crippen LogP contribution in [0.25, 0.3) is 21.5 Å². The average molecular weight is 444 g/mol. The molecule has 6 heteroatoms. The van der Waals surface area contributed by atoms with Crippen molar-refractivity contribution < 1.29 is 9.59 Å². The first-order valence-electron chi connectivity index (χ1n) is 10.3. The number of nitrogens with zero attached hydrogens (tertiary/aromatic N) is 1. The summed E-state index contributed by atoms with van der Waals surface area (Å²) in [6, 6.07) is 23.6. The summed E-state index contributed by atoms with van der Waals surface area (Å²) in [5.41, 5.74) is 4.90. The lowest BCUT2D eigenvalue weighted by atomic mass is 9.97. The highest BCUT2D eigenvalue weighted by atomic mass is 35.5. The van der Waals surface area contributed by atoms with E-state index in [1.54, 1.807) is 24.4 Å². The largest absolute Gasteiger partial charge is 0.326 e. The minimum Gasteiger partial charge on any atom is -0.326 e. The van der Waals surface area contributed by atoms with Crippen LogP contribution in [0.4, 0.5) is 5.69 Å². The van der Waals surface area contributed by atoms with Gasteiger partial charge in [-0.15, -0.1) is 0 Å². The van der Waals surface area contributed by atoms with Gasteiger partial charge in [0, 0.05) is 29.1 Å². The number of hydrazone groups is 1. The maximum absolute atomic E-state index is 12.2. The second-order valence-electron chi connectivity index (χ2n) is 7.49. The number of hydrogen-bond donors (Lipinski definition) is 2. The Morgan fingerprint density at radius 1 is 0.875 bits per heavy atom. The summed E-state index contributed by atoms with van der Waals surface area (Å²) in [5.74, 6) is -0.585. The smallest absolute Gasteiger partial charge is 0.240 e. The predicted molar refractivity (Wildman–Crippen MR) is 131 cm³/mol. The van der Waals surface area contributed by atoms with Gasteiger partial charge in [-0.3, -0.25) is 9.59 Å². The number of carbonyl (C=O) groups excluding carboxylic acids is 2. The van der Waals surface area contributed by atoms with Crippen molar-refractivity contribution in [3.63, 3.8) is 0 Å². The first kappa shape index (κ1) is 21.5. The first-order chi connectivity index (χ1) is 15.5. The number of fused-ring (bicyclic) bond motifs is 2. The number of amides is 2. The van der Waals surface area contributed by atoms with Crippen molar-refractivity contribution in [2.75, 3.05) is 5.32 Å². The molecule has 4 rings (SSSR count). The first-order valence-corrected chi connectivity index (χ1v) is 10.7. The minimum atomic E-state index is -0.330. The van der Waals surface area contributed by atoms with Crippen LogP contribution in [0.15, 0.2) is 77.9 Å². The summed E-state index contributed by atoms with van der Waals surface area (Å²) < 4.78 is 0. The summed E-state index contributed by atoms with van der Waals surface area (Å²) in [6.07, 6.45) is 1.74. The Kier molecular flexibility index (Phi) is 6.47. The molecule has 0 bridgehead atoms. The second kappa shape index (κ2) is 9.62. The van der Waals surface area contributed by atoms with Crippen LogP contribution in [0.1, 0.15) is 24.0 Å². The third-order valence-corrected chi connectivity index (χ3v) is 5.73. The molecule has 0 fully saturated rings. The number of hydrogen-bond acceptors (Lipinski definition) is 3. The lowest BCUT2D eigenvalue weighted by Gasteiger charge is -2.09. The van der Waals surface area contributed by atoms with Crippen LogP contribution in [-0.4, -0.2) is 18.0 Å². The quantitative estimate of drug-likeness (QED) is 0.224. The fourth-order valence-corrected chi connectivity index (χ4v) is 3.77. The van der Waals surface area contributed by atoms with E-state index in [4.69, 9.17) is 11.6 Å². The maximum Gasteiger partial charge on any atom is 0.240 e. The van der Waals surface area contributed by atoms with Crippen molar-refractivity contribution in [1.29, 1.82) is 0 Å². The van der Waals surface area contributed by atoms with Crippen LogP contribution in [0.5, 0.6) is 0 Å². The standard InChI is InChI=1S/C26H22ClN3O2/c1-17-23(27)11-6-12-24(17)29-25(31)13-14-26(32)30-28-16-22-20-9-4-2-7-18(20)15-19-8-3-5-10-21(19)22/h2-12,15-16H,13-14H2,1H3,(H,29,31)(H,30,32). The Morgan fingerprint density at radius 2 is 1.50 bits per heavy atom. The van der Waals surface area contributed by atoms with Gasteiger partial charge in [-0.1, -0.05) is 66.2 Å². The summed E-state index contributed by atoms with van der Waals surface area (Å²) in [4.78, 5) is 24.4. The van der Waals surface area contributed by atoms with E-state index in [0.29, 0.717) is 10.7 Å². The zero-order chi connectivity index (χ0) is 22.5. The van der Waals surface area contributed by atoms with E-state index in [1.165, 1.54) is 0 Å². The third kappa shape index (κ3) is 4.79. The van der Waals surface area contributed by atoms with E-state index in [1.807, 2.05) is 43.3 Å². The lowest BCUT2D eigenvalue weighted by Crippen LogP contribution is -2.21. The van der Waals surface area contributed by atoms with Crippen LogP contribution in [0.2, 0.25) is 5.02 Å². The number of rotatable bonds is 6. The molecule has 0 saturated carbocycles. The summed E-state index contributed by atoms with van der Waals surface area (Å²) >= 11 is 6.07. The molecule has 4 aromatic carbocycles. The Hall–Kier alpha value is -3.70. The molecule has 32 heavy (non-hydrogen) atoms. The SMILES string of the molecule is Cc1c(Cl)cccc1NC(=O)CCC(=O)NN=Cc1c2ccccc2cc2ccccc12. The van der Waals surface area contributed by atoms with E-state index >= 15 is 0 Å². The van der Waals surface area contributed by atoms with Crippen molar-refractivity contribution in [2.45, 2.75) is 19.8 Å². The normalized spacial score (nSPS) is 11.2. The molecule has 2 N–H and O–H groups in total. The van der Waals surface area contributed by atoms with Crippen LogP contribution in [0, 0.1) is 6.92 Å². The van der Waals surface area contributed by atoms with Crippen LogP contribution < -0.4 is 10.7 Å². The van der Waals surface area contributed by atoms with Gasteiger partial charge < -0.3 is 5.32 Å². The fourth-order valence-electron chi connectivity index (χ4n) is 3.60. The molecule has 0 aliphatic carbocycles. The van der Waals surface area contributed by atoms with Gasteiger partial charge >= 0.3 is 0 Å². The summed E-state index contributed by atoms with van der Waals surface area (Å²) in [5, 5.41) is 11.8. The number of nitrogens with one attached hydrogen (secondary N) is 2. The molecule has 0 unspecified atom stereocenters. The second-order valence-corrected chi connectivity index (χ2v) is 7.89. The number of benzene rings is 4. The molecule has 0 aromatic heterocycles. The average Bonchev–Trinajstić information content (AvgIpc) is 2.80. The van der Waals surface area contributed by atoms with E-state index in [2.05, 4.69) is 34.0 Å². The van der Waals surface area contributed by atoms with Crippen molar-refractivity contribution in [3.05, 3.63) is 88.9 Å². The molecule has 4 aromatic rings. The van der Waals surface area contributed by atoms with E-state index in [0.717, 1.165) is 32.7 Å². The van der Waals surface area contributed by atoms with Gasteiger partial charge in [-0.05, 0) is 52.2 Å². The summed E-state index contributed by atoms with van der Waals surface area (Å²) in [6.45, 7) is 1.83. The molecule has 0 aliphatic heterocycles. The summed E-state index contributed by atoms with van der Waals surface area (Å²) in [7, 11) is 0. The Labute approximate surface area is 191 Å². The van der Waals surface area contributed by atoms with Crippen molar-refractivity contribution in [3.8, 4) is 0 Å². The molecular weight excluding hydrogens is 422 g/mol. The van der Waals surface area contributed by atoms with Gasteiger partial charge in [-0.2, -0.15) is 5.10 Å². The van der Waals surface area contributed by atoms with Gasteiger partial charge in [0.05, 0.1) is 6.21 Å². The van der Waals surface area contributed by atoms with Gasteiger partial charge in [0.2, 0.25) is 11.8 Å². The zero-order valence-electron chi connectivity index (χ0n) is 17.6. The molecule has 0 atom stereocenters. The monoisotopic (exact) mass is 443 g/mol. The topological polar surface area (TPSA) is 70.6 Å². The van der Waals surface area contributed by atoms with E-state index < -0.39 is 0 Å². The van der Waals surface area contributed by atoms with Crippen LogP contribution in [0.3, 0.4) is 0 Å². The Morgan fingerprint density at radius 3 is 2.19 bits per heavy atom. The molecule has 0 radical (unpaired) electrons. The highest BCUT2D eigenvalue weighted by molar-refractivity contribution is 6.31. The van der Waals surface area contributed by atoms with Gasteiger partial charge in [0.25, 0.3) is 0 Å². The fraction of sp³-hybridized carbons (Fsp3) is 0.115. The third-order valence-electron chi connectivity index (χ3n) is 5.32. The predicted octanol–water partition coefficient (Wildman–Crippen LogP) is 5.82. The van der Waals surface area contributed by atoms with Crippen LogP contribution >= 0.6 is 11.6 Å². The van der Waals surface area contributed by atoms with Crippen molar-refractivity contribution >= 4 is 56.9 Å². The molecule has 0 aliphatic rings. The van der Waals surface area contributed by atoms with Gasteiger partial charge in [0.1, 0.15) is 0 Å². The number of anilines is 1. The highest BCUT2D eigenvalue weighted by Gasteiger charge is 2.10. The van der Waals surface area contributed by atoms with Gasteiger partial charge in [-0.25, -0.2) is 5.43 Å². The molecule has 160 valence electrons. The molecule has 2 amide bonds. The minimum absolute atomic E-state index is 0.0269. The Bertz CT molecular complexity index is 1290. The highest BCUT2D eigenvalue weighted by Crippen LogP contribution is 2.27. The lowest BCUT2D eigenvalue weighted by molar-refractivity contribution is -0.124. The molecule has 5 nitrogen and oxygen atoms in total. The molecular formula is C26H22ClN3O2. The Balaban J connectivity index is 1.41. The molecule has 0 saturated heterocycles. The zero-order valence-corrected chi connectivity index (χ0v) is 18.3. The van der Waals surface area contributed by atoms with Crippen molar-refractivity contribution in [2.24, 2.45) is 5.10 Å². The molecule has 0 heterocycles. The van der Waals surface area contributed by atoms with Gasteiger partial charge in [0.15, 0.2) is 0 Å².